The molecule has 16 heavy (non-hydrogen) atoms. The summed E-state index contributed by atoms with van der Waals surface area (Å²) in [5.41, 5.74) is 0.921. The lowest BCUT2D eigenvalue weighted by molar-refractivity contribution is 0.178. The topological polar surface area (TPSA) is 58.0 Å². The molecular formula is C12H19N3O. The van der Waals surface area contributed by atoms with Gasteiger partial charge in [-0.2, -0.15) is 0 Å². The molecule has 1 aromatic rings. The van der Waals surface area contributed by atoms with Crippen LogP contribution in [0.5, 0.6) is 0 Å². The van der Waals surface area contributed by atoms with Crippen LogP contribution in [0.25, 0.3) is 0 Å². The van der Waals surface area contributed by atoms with E-state index < -0.39 is 0 Å². The molecule has 4 heteroatoms. The van der Waals surface area contributed by atoms with Crippen molar-refractivity contribution in [3.63, 3.8) is 0 Å². The molecule has 0 spiro atoms. The number of aliphatic hydroxyl groups is 1. The minimum atomic E-state index is 0.261. The summed E-state index contributed by atoms with van der Waals surface area (Å²) >= 11 is 0. The van der Waals surface area contributed by atoms with Gasteiger partial charge in [0.2, 0.25) is 0 Å². The third-order valence-corrected chi connectivity index (χ3v) is 3.35. The van der Waals surface area contributed by atoms with E-state index in [2.05, 4.69) is 15.3 Å². The number of rotatable bonds is 3. The Bertz CT molecular complexity index is 343. The standard InChI is InChI=1S/C12H19N3O/c1-9-12(14-7-6-13-9)15-11-5-3-2-4-10(11)8-16/h6-7,10-11,16H,2-5,8H2,1H3,(H,14,15). The Morgan fingerprint density at radius 3 is 2.81 bits per heavy atom. The van der Waals surface area contributed by atoms with Gasteiger partial charge in [0.15, 0.2) is 0 Å². The Labute approximate surface area is 96.1 Å². The molecule has 2 unspecified atom stereocenters. The van der Waals surface area contributed by atoms with Gasteiger partial charge >= 0.3 is 0 Å². The third-order valence-electron chi connectivity index (χ3n) is 3.35. The zero-order valence-electron chi connectivity index (χ0n) is 9.69. The Morgan fingerprint density at radius 1 is 1.31 bits per heavy atom. The fourth-order valence-electron chi connectivity index (χ4n) is 2.34. The summed E-state index contributed by atoms with van der Waals surface area (Å²) < 4.78 is 0. The van der Waals surface area contributed by atoms with Crippen LogP contribution in [0.2, 0.25) is 0 Å². The highest BCUT2D eigenvalue weighted by Crippen LogP contribution is 2.26. The van der Waals surface area contributed by atoms with Crippen molar-refractivity contribution in [3.05, 3.63) is 18.1 Å². The van der Waals surface area contributed by atoms with Gasteiger partial charge in [-0.3, -0.25) is 4.98 Å². The number of hydrogen-bond donors (Lipinski definition) is 2. The highest BCUT2D eigenvalue weighted by molar-refractivity contribution is 5.39. The first-order chi connectivity index (χ1) is 7.81. The number of nitrogens with zero attached hydrogens (tertiary/aromatic N) is 2. The van der Waals surface area contributed by atoms with Crippen molar-refractivity contribution in [3.8, 4) is 0 Å². The molecule has 2 rings (SSSR count). The molecule has 0 aromatic carbocycles. The van der Waals surface area contributed by atoms with Gasteiger partial charge in [0, 0.05) is 31.0 Å². The van der Waals surface area contributed by atoms with Crippen LogP contribution in [-0.2, 0) is 0 Å². The Kier molecular flexibility index (Phi) is 3.72. The SMILES string of the molecule is Cc1nccnc1NC1CCCCC1CO. The summed E-state index contributed by atoms with van der Waals surface area (Å²) in [5, 5.41) is 12.7. The van der Waals surface area contributed by atoms with Crippen molar-refractivity contribution >= 4 is 5.82 Å². The van der Waals surface area contributed by atoms with Gasteiger partial charge in [0.1, 0.15) is 5.82 Å². The van der Waals surface area contributed by atoms with Gasteiger partial charge in [0.25, 0.3) is 0 Å². The summed E-state index contributed by atoms with van der Waals surface area (Å²) in [6.45, 7) is 2.21. The molecule has 0 bridgehead atoms. The molecule has 1 aliphatic carbocycles. The van der Waals surface area contributed by atoms with Crippen molar-refractivity contribution in [2.75, 3.05) is 11.9 Å². The molecular weight excluding hydrogens is 202 g/mol. The summed E-state index contributed by atoms with van der Waals surface area (Å²) in [4.78, 5) is 8.49. The molecule has 2 atom stereocenters. The van der Waals surface area contributed by atoms with Gasteiger partial charge in [0.05, 0.1) is 5.69 Å². The Balaban J connectivity index is 2.05. The predicted octanol–water partition coefficient (Wildman–Crippen LogP) is 1.75. The molecule has 1 aromatic heterocycles. The van der Waals surface area contributed by atoms with Crippen LogP contribution in [0.4, 0.5) is 5.82 Å². The lowest BCUT2D eigenvalue weighted by atomic mass is 9.85. The first-order valence-electron chi connectivity index (χ1n) is 5.96. The van der Waals surface area contributed by atoms with E-state index in [0.717, 1.165) is 24.4 Å². The van der Waals surface area contributed by atoms with Crippen molar-refractivity contribution < 1.29 is 5.11 Å². The molecule has 0 saturated heterocycles. The maximum absolute atomic E-state index is 9.33. The van der Waals surface area contributed by atoms with Crippen LogP contribution in [0.15, 0.2) is 12.4 Å². The van der Waals surface area contributed by atoms with Gasteiger partial charge in [-0.05, 0) is 19.8 Å². The molecule has 0 aliphatic heterocycles. The fraction of sp³-hybridized carbons (Fsp3) is 0.667. The van der Waals surface area contributed by atoms with E-state index in [-0.39, 0.29) is 6.61 Å². The highest BCUT2D eigenvalue weighted by Gasteiger charge is 2.24. The van der Waals surface area contributed by atoms with E-state index in [1.54, 1.807) is 12.4 Å². The van der Waals surface area contributed by atoms with Crippen LogP contribution in [-0.4, -0.2) is 27.7 Å². The minimum absolute atomic E-state index is 0.261. The quantitative estimate of drug-likeness (QED) is 0.816. The predicted molar refractivity (Wildman–Crippen MR) is 63.2 cm³/mol. The average molecular weight is 221 g/mol. The Hall–Kier alpha value is -1.16. The summed E-state index contributed by atoms with van der Waals surface area (Å²) in [6, 6.07) is 0.342. The van der Waals surface area contributed by atoms with E-state index in [4.69, 9.17) is 0 Å². The second kappa shape index (κ2) is 5.25. The van der Waals surface area contributed by atoms with Crippen LogP contribution < -0.4 is 5.32 Å². The van der Waals surface area contributed by atoms with Crippen LogP contribution in [0, 0.1) is 12.8 Å². The summed E-state index contributed by atoms with van der Waals surface area (Å²) in [6.07, 6.45) is 8.07. The molecule has 4 nitrogen and oxygen atoms in total. The molecule has 1 aliphatic rings. The lowest BCUT2D eigenvalue weighted by Crippen LogP contribution is -2.34. The number of hydrogen-bond acceptors (Lipinski definition) is 4. The van der Waals surface area contributed by atoms with E-state index in [1.807, 2.05) is 6.92 Å². The second-order valence-electron chi connectivity index (χ2n) is 4.47. The van der Waals surface area contributed by atoms with Gasteiger partial charge < -0.3 is 10.4 Å². The normalized spacial score (nSPS) is 25.4. The van der Waals surface area contributed by atoms with Crippen LogP contribution >= 0.6 is 0 Å². The number of aryl methyl sites for hydroxylation is 1. The molecule has 88 valence electrons. The van der Waals surface area contributed by atoms with Crippen molar-refractivity contribution in [2.24, 2.45) is 5.92 Å². The molecule has 1 heterocycles. The fourth-order valence-corrected chi connectivity index (χ4v) is 2.34. The lowest BCUT2D eigenvalue weighted by Gasteiger charge is -2.31. The number of nitrogens with one attached hydrogen (secondary N) is 1. The zero-order chi connectivity index (χ0) is 11.4. The van der Waals surface area contributed by atoms with E-state index in [1.165, 1.54) is 12.8 Å². The molecule has 0 radical (unpaired) electrons. The van der Waals surface area contributed by atoms with Crippen LogP contribution in [0.1, 0.15) is 31.4 Å². The first-order valence-corrected chi connectivity index (χ1v) is 5.96. The van der Waals surface area contributed by atoms with Crippen molar-refractivity contribution in [2.45, 2.75) is 38.6 Å². The molecule has 1 saturated carbocycles. The first kappa shape index (κ1) is 11.3. The number of anilines is 1. The highest BCUT2D eigenvalue weighted by atomic mass is 16.3. The molecule has 1 fully saturated rings. The van der Waals surface area contributed by atoms with Gasteiger partial charge in [-0.15, -0.1) is 0 Å². The van der Waals surface area contributed by atoms with Crippen molar-refractivity contribution in [1.82, 2.24) is 9.97 Å². The van der Waals surface area contributed by atoms with E-state index in [9.17, 15) is 5.11 Å². The zero-order valence-corrected chi connectivity index (χ0v) is 9.69. The summed E-state index contributed by atoms with van der Waals surface area (Å²) in [5.74, 6) is 1.21. The van der Waals surface area contributed by atoms with Crippen molar-refractivity contribution in [1.29, 1.82) is 0 Å². The third kappa shape index (κ3) is 2.50. The maximum atomic E-state index is 9.33. The smallest absolute Gasteiger partial charge is 0.147 e. The second-order valence-corrected chi connectivity index (χ2v) is 4.47. The largest absolute Gasteiger partial charge is 0.396 e. The maximum Gasteiger partial charge on any atom is 0.147 e. The Morgan fingerprint density at radius 2 is 2.06 bits per heavy atom. The monoisotopic (exact) mass is 221 g/mol. The molecule has 0 amide bonds. The average Bonchev–Trinajstić information content (AvgIpc) is 2.33. The number of aliphatic hydroxyl groups excluding tert-OH is 1. The van der Waals surface area contributed by atoms with Crippen LogP contribution in [0.3, 0.4) is 0 Å². The van der Waals surface area contributed by atoms with E-state index in [0.29, 0.717) is 12.0 Å². The summed E-state index contributed by atoms with van der Waals surface area (Å²) in [7, 11) is 0. The number of aromatic nitrogens is 2. The molecule has 2 N–H and O–H groups in total. The van der Waals surface area contributed by atoms with Gasteiger partial charge in [-0.25, -0.2) is 4.98 Å². The van der Waals surface area contributed by atoms with E-state index >= 15 is 0 Å². The van der Waals surface area contributed by atoms with Gasteiger partial charge in [-0.1, -0.05) is 12.8 Å². The minimum Gasteiger partial charge on any atom is -0.396 e.